The van der Waals surface area contributed by atoms with Crippen molar-refractivity contribution in [2.75, 3.05) is 17.5 Å². The molecule has 0 spiro atoms. The number of alkyl halides is 1. The predicted octanol–water partition coefficient (Wildman–Crippen LogP) is 4.54. The Bertz CT molecular complexity index is 377. The van der Waals surface area contributed by atoms with Crippen molar-refractivity contribution in [1.29, 1.82) is 0 Å². The Morgan fingerprint density at radius 1 is 1.23 bits per heavy atom. The van der Waals surface area contributed by atoms with Gasteiger partial charge in [0, 0.05) is 11.0 Å². The van der Waals surface area contributed by atoms with Crippen LogP contribution in [-0.4, -0.2) is 45.8 Å². The number of carbonyl (C=O) groups is 1. The molecule has 0 radical (unpaired) electrons. The van der Waals surface area contributed by atoms with Crippen LogP contribution in [0.3, 0.4) is 0 Å². The molecule has 1 aliphatic carbocycles. The van der Waals surface area contributed by atoms with Gasteiger partial charge in [0.05, 0.1) is 18.2 Å². The van der Waals surface area contributed by atoms with E-state index in [9.17, 15) is 4.79 Å². The molecule has 1 heterocycles. The van der Waals surface area contributed by atoms with Gasteiger partial charge < -0.3 is 14.4 Å². The third kappa shape index (κ3) is 5.25. The third-order valence-corrected chi connectivity index (χ3v) is 5.79. The van der Waals surface area contributed by atoms with E-state index in [-0.39, 0.29) is 11.7 Å². The lowest BCUT2D eigenvalue weighted by Gasteiger charge is -2.44. The lowest BCUT2D eigenvalue weighted by molar-refractivity contribution is -0.120. The van der Waals surface area contributed by atoms with E-state index < -0.39 is 5.60 Å². The van der Waals surface area contributed by atoms with Gasteiger partial charge in [-0.15, -0.1) is 0 Å². The van der Waals surface area contributed by atoms with E-state index >= 15 is 0 Å². The number of rotatable bonds is 3. The molecule has 0 bridgehead atoms. The van der Waals surface area contributed by atoms with Gasteiger partial charge in [0.1, 0.15) is 5.60 Å². The van der Waals surface area contributed by atoms with Gasteiger partial charge in [0.15, 0.2) is 0 Å². The average molecular weight is 423 g/mol. The van der Waals surface area contributed by atoms with Gasteiger partial charge in [-0.25, -0.2) is 4.79 Å². The van der Waals surface area contributed by atoms with Gasteiger partial charge in [0.2, 0.25) is 0 Å². The number of likely N-dealkylation sites (tertiary alicyclic amines) is 1. The number of amides is 1. The Morgan fingerprint density at radius 2 is 1.91 bits per heavy atom. The summed E-state index contributed by atoms with van der Waals surface area (Å²) in [5.74, 6) is 0. The highest BCUT2D eigenvalue weighted by molar-refractivity contribution is 14.1. The number of nitrogens with zero attached hydrogens (tertiary/aromatic N) is 1. The predicted molar refractivity (Wildman–Crippen MR) is 96.6 cm³/mol. The molecule has 1 aliphatic heterocycles. The summed E-state index contributed by atoms with van der Waals surface area (Å²) in [6.45, 7) is 7.19. The van der Waals surface area contributed by atoms with Crippen LogP contribution >= 0.6 is 22.6 Å². The highest BCUT2D eigenvalue weighted by Crippen LogP contribution is 2.33. The van der Waals surface area contributed by atoms with Crippen molar-refractivity contribution in [3.8, 4) is 0 Å². The maximum Gasteiger partial charge on any atom is 0.410 e. The van der Waals surface area contributed by atoms with Crippen LogP contribution in [0.15, 0.2) is 0 Å². The molecule has 0 aromatic carbocycles. The first-order chi connectivity index (χ1) is 10.3. The zero-order valence-corrected chi connectivity index (χ0v) is 16.4. The first-order valence-electron chi connectivity index (χ1n) is 8.55. The standard InChI is InChI=1S/C17H30INO3/c1-16(2,3)22-15(20)19-11-7-10-17(12-18,13-19)21-14-8-5-4-6-9-14/h14H,4-13H2,1-3H3. The molecule has 0 aromatic rings. The lowest BCUT2D eigenvalue weighted by atomic mass is 9.92. The Hall–Kier alpha value is -0.0400. The van der Waals surface area contributed by atoms with Crippen LogP contribution in [0.5, 0.6) is 0 Å². The molecule has 5 heteroatoms. The highest BCUT2D eigenvalue weighted by atomic mass is 127. The molecule has 2 aliphatic rings. The van der Waals surface area contributed by atoms with Crippen LogP contribution in [0.1, 0.15) is 65.7 Å². The van der Waals surface area contributed by atoms with Crippen LogP contribution in [0.4, 0.5) is 4.79 Å². The quantitative estimate of drug-likeness (QED) is 0.494. The van der Waals surface area contributed by atoms with Crippen molar-refractivity contribution in [2.24, 2.45) is 0 Å². The number of hydrogen-bond acceptors (Lipinski definition) is 3. The van der Waals surface area contributed by atoms with Crippen molar-refractivity contribution in [1.82, 2.24) is 4.90 Å². The zero-order valence-electron chi connectivity index (χ0n) is 14.2. The van der Waals surface area contributed by atoms with Gasteiger partial charge in [0.25, 0.3) is 0 Å². The van der Waals surface area contributed by atoms with Crippen LogP contribution in [0, 0.1) is 0 Å². The summed E-state index contributed by atoms with van der Waals surface area (Å²) in [6, 6.07) is 0. The van der Waals surface area contributed by atoms with E-state index in [1.807, 2.05) is 25.7 Å². The Labute approximate surface area is 148 Å². The van der Waals surface area contributed by atoms with Crippen molar-refractivity contribution in [3.05, 3.63) is 0 Å². The van der Waals surface area contributed by atoms with Crippen LogP contribution in [0.2, 0.25) is 0 Å². The minimum absolute atomic E-state index is 0.183. The molecule has 4 nitrogen and oxygen atoms in total. The number of piperidine rings is 1. The molecule has 128 valence electrons. The fourth-order valence-corrected chi connectivity index (χ4v) is 4.16. The zero-order chi connectivity index (χ0) is 16.2. The first kappa shape index (κ1) is 18.3. The summed E-state index contributed by atoms with van der Waals surface area (Å²) in [6.07, 6.45) is 8.45. The number of halogens is 1. The SMILES string of the molecule is CC(C)(C)OC(=O)N1CCCC(CI)(OC2CCCCC2)C1. The molecule has 2 fully saturated rings. The summed E-state index contributed by atoms with van der Waals surface area (Å²) in [5, 5.41) is 0. The molecule has 2 rings (SSSR count). The topological polar surface area (TPSA) is 38.8 Å². The second-order valence-electron chi connectivity index (χ2n) is 7.70. The fourth-order valence-electron chi connectivity index (χ4n) is 3.35. The van der Waals surface area contributed by atoms with Crippen molar-refractivity contribution < 1.29 is 14.3 Å². The minimum atomic E-state index is -0.439. The van der Waals surface area contributed by atoms with Crippen molar-refractivity contribution in [2.45, 2.75) is 83.0 Å². The summed E-state index contributed by atoms with van der Waals surface area (Å²) in [7, 11) is 0. The van der Waals surface area contributed by atoms with E-state index in [4.69, 9.17) is 9.47 Å². The van der Waals surface area contributed by atoms with E-state index in [2.05, 4.69) is 22.6 Å². The molecule has 1 atom stereocenters. The molecular formula is C17H30INO3. The minimum Gasteiger partial charge on any atom is -0.444 e. The molecule has 1 saturated heterocycles. The Kier molecular flexibility index (Phi) is 6.39. The maximum atomic E-state index is 12.4. The number of ether oxygens (including phenoxy) is 2. The molecule has 1 amide bonds. The maximum absolute atomic E-state index is 12.4. The Balaban J connectivity index is 1.97. The second-order valence-corrected chi connectivity index (χ2v) is 8.46. The van der Waals surface area contributed by atoms with Crippen LogP contribution < -0.4 is 0 Å². The summed E-state index contributed by atoms with van der Waals surface area (Å²) < 4.78 is 13.0. The number of carbonyl (C=O) groups excluding carboxylic acids is 1. The monoisotopic (exact) mass is 423 g/mol. The van der Waals surface area contributed by atoms with Crippen LogP contribution in [-0.2, 0) is 9.47 Å². The smallest absolute Gasteiger partial charge is 0.410 e. The van der Waals surface area contributed by atoms with Gasteiger partial charge >= 0.3 is 6.09 Å². The van der Waals surface area contributed by atoms with Gasteiger partial charge in [-0.3, -0.25) is 0 Å². The fraction of sp³-hybridized carbons (Fsp3) is 0.941. The van der Waals surface area contributed by atoms with E-state index in [0.29, 0.717) is 12.6 Å². The van der Waals surface area contributed by atoms with Gasteiger partial charge in [-0.1, -0.05) is 41.9 Å². The molecule has 1 saturated carbocycles. The molecule has 0 aromatic heterocycles. The number of hydrogen-bond donors (Lipinski definition) is 0. The summed E-state index contributed by atoms with van der Waals surface area (Å²) in [4.78, 5) is 14.2. The van der Waals surface area contributed by atoms with Crippen molar-refractivity contribution >= 4 is 28.7 Å². The molecule has 22 heavy (non-hydrogen) atoms. The van der Waals surface area contributed by atoms with E-state index in [1.54, 1.807) is 0 Å². The second kappa shape index (κ2) is 7.69. The summed E-state index contributed by atoms with van der Waals surface area (Å²) in [5.41, 5.74) is -0.622. The van der Waals surface area contributed by atoms with Gasteiger partial charge in [-0.05, 0) is 46.5 Å². The lowest BCUT2D eigenvalue weighted by Crippen LogP contribution is -2.55. The largest absolute Gasteiger partial charge is 0.444 e. The molecule has 0 N–H and O–H groups in total. The van der Waals surface area contributed by atoms with Crippen molar-refractivity contribution in [3.63, 3.8) is 0 Å². The first-order valence-corrected chi connectivity index (χ1v) is 10.1. The van der Waals surface area contributed by atoms with E-state index in [1.165, 1.54) is 32.1 Å². The highest BCUT2D eigenvalue weighted by Gasteiger charge is 2.40. The summed E-state index contributed by atoms with van der Waals surface area (Å²) >= 11 is 2.41. The van der Waals surface area contributed by atoms with E-state index in [0.717, 1.165) is 23.8 Å². The third-order valence-electron chi connectivity index (χ3n) is 4.40. The normalized spacial score (nSPS) is 27.7. The van der Waals surface area contributed by atoms with Crippen LogP contribution in [0.25, 0.3) is 0 Å². The molecular weight excluding hydrogens is 393 g/mol. The Morgan fingerprint density at radius 3 is 2.50 bits per heavy atom. The molecule has 1 unspecified atom stereocenters. The average Bonchev–Trinajstić information content (AvgIpc) is 2.47. The van der Waals surface area contributed by atoms with Gasteiger partial charge in [-0.2, -0.15) is 0 Å².